The summed E-state index contributed by atoms with van der Waals surface area (Å²) in [6, 6.07) is 9.91. The lowest BCUT2D eigenvalue weighted by atomic mass is 10.1. The summed E-state index contributed by atoms with van der Waals surface area (Å²) in [4.78, 5) is 14.0. The van der Waals surface area contributed by atoms with E-state index in [2.05, 4.69) is 5.32 Å². The van der Waals surface area contributed by atoms with Gasteiger partial charge in [-0.15, -0.1) is 12.4 Å². The Morgan fingerprint density at radius 1 is 1.45 bits per heavy atom. The smallest absolute Gasteiger partial charge is 0.227 e. The predicted molar refractivity (Wildman–Crippen MR) is 80.9 cm³/mol. The maximum atomic E-state index is 12.2. The van der Waals surface area contributed by atoms with E-state index >= 15 is 0 Å². The molecule has 1 unspecified atom stereocenters. The van der Waals surface area contributed by atoms with Gasteiger partial charge in [-0.25, -0.2) is 0 Å². The highest BCUT2D eigenvalue weighted by atomic mass is 35.5. The van der Waals surface area contributed by atoms with Gasteiger partial charge in [0, 0.05) is 19.0 Å². The molecule has 1 amide bonds. The zero-order valence-electron chi connectivity index (χ0n) is 11.5. The van der Waals surface area contributed by atoms with Gasteiger partial charge in [-0.2, -0.15) is 0 Å². The Bertz CT molecular complexity index is 557. The van der Waals surface area contributed by atoms with Gasteiger partial charge < -0.3 is 14.6 Å². The molecule has 1 atom stereocenters. The average molecular weight is 295 g/mol. The van der Waals surface area contributed by atoms with Crippen LogP contribution in [0, 0.1) is 5.92 Å². The number of hydrogen-bond donors (Lipinski definition) is 1. The first-order chi connectivity index (χ1) is 9.24. The highest BCUT2D eigenvalue weighted by Gasteiger charge is 2.25. The Kier molecular flexibility index (Phi) is 4.68. The van der Waals surface area contributed by atoms with Gasteiger partial charge in [0.25, 0.3) is 0 Å². The standard InChI is InChI=1S/C15H18N2O2.ClH/c1-17(15(18)12-6-7-16-9-12)10-13-8-11-4-2-3-5-14(11)19-13;/h2-5,8,12,16H,6-7,9-10H2,1H3;1H. The van der Waals surface area contributed by atoms with E-state index < -0.39 is 0 Å². The normalized spacial score (nSPS) is 17.9. The van der Waals surface area contributed by atoms with Crippen LogP contribution < -0.4 is 5.32 Å². The van der Waals surface area contributed by atoms with Crippen LogP contribution in [0.4, 0.5) is 0 Å². The molecule has 0 radical (unpaired) electrons. The molecular weight excluding hydrogens is 276 g/mol. The van der Waals surface area contributed by atoms with Crippen molar-refractivity contribution < 1.29 is 9.21 Å². The van der Waals surface area contributed by atoms with Gasteiger partial charge in [0.1, 0.15) is 11.3 Å². The minimum absolute atomic E-state index is 0. The van der Waals surface area contributed by atoms with Crippen LogP contribution in [0.2, 0.25) is 0 Å². The molecule has 0 spiro atoms. The topological polar surface area (TPSA) is 45.5 Å². The number of nitrogens with one attached hydrogen (secondary N) is 1. The number of fused-ring (bicyclic) bond motifs is 1. The van der Waals surface area contributed by atoms with Crippen molar-refractivity contribution in [3.05, 3.63) is 36.1 Å². The molecule has 0 bridgehead atoms. The van der Waals surface area contributed by atoms with Gasteiger partial charge in [0.15, 0.2) is 0 Å². The molecule has 1 aromatic carbocycles. The highest BCUT2D eigenvalue weighted by molar-refractivity contribution is 5.85. The third-order valence-electron chi connectivity index (χ3n) is 3.66. The lowest BCUT2D eigenvalue weighted by Crippen LogP contribution is -2.33. The van der Waals surface area contributed by atoms with Gasteiger partial charge in [-0.05, 0) is 25.1 Å². The molecule has 2 heterocycles. The molecule has 1 aliphatic rings. The van der Waals surface area contributed by atoms with Crippen molar-refractivity contribution in [2.24, 2.45) is 5.92 Å². The first-order valence-electron chi connectivity index (χ1n) is 6.67. The number of furan rings is 1. The van der Waals surface area contributed by atoms with E-state index in [9.17, 15) is 4.79 Å². The minimum Gasteiger partial charge on any atom is -0.459 e. The van der Waals surface area contributed by atoms with E-state index in [4.69, 9.17) is 4.42 Å². The number of amides is 1. The molecule has 0 aliphatic carbocycles. The van der Waals surface area contributed by atoms with E-state index in [1.165, 1.54) is 0 Å². The van der Waals surface area contributed by atoms with Gasteiger partial charge in [0.2, 0.25) is 5.91 Å². The molecule has 4 nitrogen and oxygen atoms in total. The predicted octanol–water partition coefficient (Wildman–Crippen LogP) is 2.42. The van der Waals surface area contributed by atoms with Crippen LogP contribution in [-0.2, 0) is 11.3 Å². The Hall–Kier alpha value is -1.52. The van der Waals surface area contributed by atoms with Crippen molar-refractivity contribution in [2.75, 3.05) is 20.1 Å². The number of rotatable bonds is 3. The fourth-order valence-corrected chi connectivity index (χ4v) is 2.60. The van der Waals surface area contributed by atoms with Crippen LogP contribution in [0.3, 0.4) is 0 Å². The second kappa shape index (κ2) is 6.29. The molecule has 3 rings (SSSR count). The molecule has 1 fully saturated rings. The van der Waals surface area contributed by atoms with E-state index in [0.29, 0.717) is 6.54 Å². The van der Waals surface area contributed by atoms with Crippen molar-refractivity contribution in [1.29, 1.82) is 0 Å². The van der Waals surface area contributed by atoms with Gasteiger partial charge in [-0.1, -0.05) is 18.2 Å². The largest absolute Gasteiger partial charge is 0.459 e. The third-order valence-corrected chi connectivity index (χ3v) is 3.66. The van der Waals surface area contributed by atoms with Crippen LogP contribution in [-0.4, -0.2) is 30.9 Å². The van der Waals surface area contributed by atoms with Crippen LogP contribution >= 0.6 is 12.4 Å². The van der Waals surface area contributed by atoms with E-state index in [0.717, 1.165) is 36.2 Å². The molecule has 1 aliphatic heterocycles. The molecular formula is C15H19ClN2O2. The summed E-state index contributed by atoms with van der Waals surface area (Å²) in [6.07, 6.45) is 0.934. The highest BCUT2D eigenvalue weighted by Crippen LogP contribution is 2.20. The van der Waals surface area contributed by atoms with Crippen LogP contribution in [0.5, 0.6) is 0 Å². The monoisotopic (exact) mass is 294 g/mol. The van der Waals surface area contributed by atoms with Crippen LogP contribution in [0.1, 0.15) is 12.2 Å². The lowest BCUT2D eigenvalue weighted by Gasteiger charge is -2.19. The number of benzene rings is 1. The number of halogens is 1. The summed E-state index contributed by atoms with van der Waals surface area (Å²) in [7, 11) is 1.84. The summed E-state index contributed by atoms with van der Waals surface area (Å²) in [6.45, 7) is 2.27. The number of carbonyl (C=O) groups excluding carboxylic acids is 1. The molecule has 20 heavy (non-hydrogen) atoms. The molecule has 1 saturated heterocycles. The fraction of sp³-hybridized carbons (Fsp3) is 0.400. The zero-order chi connectivity index (χ0) is 13.2. The zero-order valence-corrected chi connectivity index (χ0v) is 12.3. The van der Waals surface area contributed by atoms with Crippen molar-refractivity contribution in [1.82, 2.24) is 10.2 Å². The van der Waals surface area contributed by atoms with Crippen molar-refractivity contribution in [2.45, 2.75) is 13.0 Å². The van der Waals surface area contributed by atoms with Crippen molar-refractivity contribution >= 4 is 29.3 Å². The third kappa shape index (κ3) is 2.97. The van der Waals surface area contributed by atoms with Gasteiger partial charge >= 0.3 is 0 Å². The summed E-state index contributed by atoms with van der Waals surface area (Å²) in [5, 5.41) is 4.31. The summed E-state index contributed by atoms with van der Waals surface area (Å²) >= 11 is 0. The molecule has 5 heteroatoms. The molecule has 1 N–H and O–H groups in total. The second-order valence-corrected chi connectivity index (χ2v) is 5.13. The Balaban J connectivity index is 0.00000147. The number of nitrogens with zero attached hydrogens (tertiary/aromatic N) is 1. The average Bonchev–Trinajstić information content (AvgIpc) is 3.06. The molecule has 2 aromatic rings. The number of carbonyl (C=O) groups is 1. The first kappa shape index (κ1) is 14.9. The Morgan fingerprint density at radius 2 is 2.25 bits per heavy atom. The lowest BCUT2D eigenvalue weighted by molar-refractivity contribution is -0.134. The summed E-state index contributed by atoms with van der Waals surface area (Å²) < 4.78 is 5.74. The molecule has 1 aromatic heterocycles. The quantitative estimate of drug-likeness (QED) is 0.945. The maximum Gasteiger partial charge on any atom is 0.227 e. The van der Waals surface area contributed by atoms with E-state index in [-0.39, 0.29) is 24.2 Å². The van der Waals surface area contributed by atoms with Gasteiger partial charge in [0.05, 0.1) is 12.5 Å². The molecule has 108 valence electrons. The maximum absolute atomic E-state index is 12.2. The van der Waals surface area contributed by atoms with Crippen molar-refractivity contribution in [3.63, 3.8) is 0 Å². The van der Waals surface area contributed by atoms with E-state index in [1.807, 2.05) is 37.4 Å². The Morgan fingerprint density at radius 3 is 2.95 bits per heavy atom. The summed E-state index contributed by atoms with van der Waals surface area (Å²) in [5.74, 6) is 1.16. The van der Waals surface area contributed by atoms with Crippen molar-refractivity contribution in [3.8, 4) is 0 Å². The SMILES string of the molecule is CN(Cc1cc2ccccc2o1)C(=O)C1CCNC1.Cl. The Labute approximate surface area is 124 Å². The number of para-hydroxylation sites is 1. The fourth-order valence-electron chi connectivity index (χ4n) is 2.60. The minimum atomic E-state index is 0. The van der Waals surface area contributed by atoms with Crippen LogP contribution in [0.25, 0.3) is 11.0 Å². The molecule has 0 saturated carbocycles. The first-order valence-corrected chi connectivity index (χ1v) is 6.67. The number of hydrogen-bond acceptors (Lipinski definition) is 3. The van der Waals surface area contributed by atoms with Crippen LogP contribution in [0.15, 0.2) is 34.7 Å². The summed E-state index contributed by atoms with van der Waals surface area (Å²) in [5.41, 5.74) is 0.876. The second-order valence-electron chi connectivity index (χ2n) is 5.13. The van der Waals surface area contributed by atoms with Gasteiger partial charge in [-0.3, -0.25) is 4.79 Å². The van der Waals surface area contributed by atoms with E-state index in [1.54, 1.807) is 4.90 Å².